The number of anilines is 1. The van der Waals surface area contributed by atoms with E-state index in [1.807, 2.05) is 83.3 Å². The van der Waals surface area contributed by atoms with Crippen LogP contribution >= 0.6 is 22.6 Å². The second-order valence-electron chi connectivity index (χ2n) is 7.14. The number of benzene rings is 3. The molecule has 4 aromatic rings. The number of carbonyl (C=O) groups is 2. The smallest absolute Gasteiger partial charge is 0.342 e. The van der Waals surface area contributed by atoms with Crippen LogP contribution in [0.3, 0.4) is 0 Å². The summed E-state index contributed by atoms with van der Waals surface area (Å²) in [5, 5.41) is 22.3. The largest absolute Gasteiger partial charge is 0.507 e. The third-order valence-corrected chi connectivity index (χ3v) is 5.56. The number of nitrogens with one attached hydrogen (secondary N) is 1. The third kappa shape index (κ3) is 4.94. The Morgan fingerprint density at radius 2 is 1.65 bits per heavy atom. The molecule has 0 saturated heterocycles. The molecule has 0 aliphatic rings. The SMILES string of the molecule is N#Cc1c(NC(=O)COC(=O)c2cc(I)ccc2O)oc(-c2ccccc2)c1-c1ccccc1. The van der Waals surface area contributed by atoms with Gasteiger partial charge in [-0.25, -0.2) is 4.79 Å². The maximum atomic E-state index is 12.5. The van der Waals surface area contributed by atoms with E-state index < -0.39 is 18.5 Å². The number of furan rings is 1. The molecule has 0 radical (unpaired) electrons. The van der Waals surface area contributed by atoms with Crippen LogP contribution in [-0.4, -0.2) is 23.6 Å². The Morgan fingerprint density at radius 3 is 2.29 bits per heavy atom. The molecule has 3 aromatic carbocycles. The fourth-order valence-corrected chi connectivity index (χ4v) is 3.83. The van der Waals surface area contributed by atoms with Crippen LogP contribution in [0.25, 0.3) is 22.5 Å². The highest BCUT2D eigenvalue weighted by Crippen LogP contribution is 2.41. The van der Waals surface area contributed by atoms with Gasteiger partial charge in [0.15, 0.2) is 6.61 Å². The van der Waals surface area contributed by atoms with Gasteiger partial charge in [-0.3, -0.25) is 10.1 Å². The molecule has 0 unspecified atom stereocenters. The number of aromatic hydroxyl groups is 1. The van der Waals surface area contributed by atoms with Gasteiger partial charge < -0.3 is 14.3 Å². The van der Waals surface area contributed by atoms with Crippen molar-refractivity contribution in [2.45, 2.75) is 0 Å². The molecule has 0 saturated carbocycles. The van der Waals surface area contributed by atoms with Gasteiger partial charge in [-0.05, 0) is 46.4 Å². The molecule has 4 rings (SSSR count). The molecule has 1 amide bonds. The van der Waals surface area contributed by atoms with Crippen molar-refractivity contribution in [3.8, 4) is 34.3 Å². The molecule has 8 heteroatoms. The van der Waals surface area contributed by atoms with Crippen molar-refractivity contribution in [2.75, 3.05) is 11.9 Å². The zero-order valence-corrected chi connectivity index (χ0v) is 19.8. The van der Waals surface area contributed by atoms with Crippen molar-refractivity contribution in [3.63, 3.8) is 0 Å². The van der Waals surface area contributed by atoms with Crippen LogP contribution in [0.2, 0.25) is 0 Å². The summed E-state index contributed by atoms with van der Waals surface area (Å²) in [6, 6.07) is 25.0. The van der Waals surface area contributed by atoms with E-state index in [2.05, 4.69) is 11.4 Å². The third-order valence-electron chi connectivity index (χ3n) is 4.88. The predicted molar refractivity (Wildman–Crippen MR) is 134 cm³/mol. The van der Waals surface area contributed by atoms with Crippen LogP contribution in [-0.2, 0) is 9.53 Å². The number of hydrogen-bond donors (Lipinski definition) is 2. The van der Waals surface area contributed by atoms with Crippen molar-refractivity contribution in [2.24, 2.45) is 0 Å². The number of carbonyl (C=O) groups excluding carboxylic acids is 2. The molecule has 2 N–H and O–H groups in total. The molecule has 168 valence electrons. The minimum atomic E-state index is -0.846. The zero-order valence-electron chi connectivity index (χ0n) is 17.6. The van der Waals surface area contributed by atoms with Crippen molar-refractivity contribution in [1.82, 2.24) is 0 Å². The molecule has 7 nitrogen and oxygen atoms in total. The Hall–Kier alpha value is -4.10. The summed E-state index contributed by atoms with van der Waals surface area (Å²) < 4.78 is 11.7. The standard InChI is InChI=1S/C26H17IN2O5/c27-18-11-12-21(30)19(13-18)26(32)33-15-22(31)29-25-20(14-28)23(16-7-3-1-4-8-16)24(34-25)17-9-5-2-6-10-17/h1-13,30H,15H2,(H,29,31). The molecule has 0 atom stereocenters. The maximum absolute atomic E-state index is 12.5. The lowest BCUT2D eigenvalue weighted by molar-refractivity contribution is -0.119. The second kappa shape index (κ2) is 10.2. The highest BCUT2D eigenvalue weighted by molar-refractivity contribution is 14.1. The number of ether oxygens (including phenoxy) is 1. The van der Waals surface area contributed by atoms with E-state index in [4.69, 9.17) is 9.15 Å². The van der Waals surface area contributed by atoms with E-state index in [1.54, 1.807) is 6.07 Å². The fraction of sp³-hybridized carbons (Fsp3) is 0.0385. The summed E-state index contributed by atoms with van der Waals surface area (Å²) in [5.74, 6) is -1.40. The summed E-state index contributed by atoms with van der Waals surface area (Å²) in [6.07, 6.45) is 0. The molecule has 0 aliphatic carbocycles. The Morgan fingerprint density at radius 1 is 1.00 bits per heavy atom. The maximum Gasteiger partial charge on any atom is 0.342 e. The lowest BCUT2D eigenvalue weighted by atomic mass is 9.98. The van der Waals surface area contributed by atoms with E-state index >= 15 is 0 Å². The van der Waals surface area contributed by atoms with Crippen molar-refractivity contribution in [1.29, 1.82) is 5.26 Å². The number of phenols is 1. The summed E-state index contributed by atoms with van der Waals surface area (Å²) in [7, 11) is 0. The molecular weight excluding hydrogens is 547 g/mol. The Balaban J connectivity index is 1.60. The van der Waals surface area contributed by atoms with Gasteiger partial charge in [-0.15, -0.1) is 0 Å². The molecule has 1 aromatic heterocycles. The number of halogens is 1. The predicted octanol–water partition coefficient (Wildman–Crippen LogP) is 5.59. The number of phenolic OH excluding ortho intramolecular Hbond substituents is 1. The average Bonchev–Trinajstić information content (AvgIpc) is 3.23. The minimum Gasteiger partial charge on any atom is -0.507 e. The Labute approximate surface area is 208 Å². The van der Waals surface area contributed by atoms with Gasteiger partial charge in [0.05, 0.1) is 0 Å². The number of nitriles is 1. The van der Waals surface area contributed by atoms with Crippen molar-refractivity contribution in [3.05, 3.63) is 93.6 Å². The van der Waals surface area contributed by atoms with E-state index in [9.17, 15) is 20.0 Å². The fourth-order valence-electron chi connectivity index (χ4n) is 3.34. The molecule has 0 bridgehead atoms. The zero-order chi connectivity index (χ0) is 24.1. The lowest BCUT2D eigenvalue weighted by Gasteiger charge is -2.07. The number of amides is 1. The number of rotatable bonds is 6. The number of hydrogen-bond acceptors (Lipinski definition) is 6. The van der Waals surface area contributed by atoms with Gasteiger partial charge in [0.1, 0.15) is 28.7 Å². The molecule has 0 fully saturated rings. The molecule has 1 heterocycles. The minimum absolute atomic E-state index is 0.0432. The van der Waals surface area contributed by atoms with E-state index in [1.165, 1.54) is 12.1 Å². The first-order valence-electron chi connectivity index (χ1n) is 10.1. The van der Waals surface area contributed by atoms with Crippen LogP contribution in [0.15, 0.2) is 83.3 Å². The van der Waals surface area contributed by atoms with Gasteiger partial charge in [-0.1, -0.05) is 60.7 Å². The van der Waals surface area contributed by atoms with E-state index in [0.717, 1.165) is 14.7 Å². The van der Waals surface area contributed by atoms with Gasteiger partial charge in [0, 0.05) is 14.7 Å². The molecule has 34 heavy (non-hydrogen) atoms. The van der Waals surface area contributed by atoms with Crippen LogP contribution in [0.5, 0.6) is 5.75 Å². The first-order chi connectivity index (χ1) is 16.5. The van der Waals surface area contributed by atoms with Crippen LogP contribution in [0, 0.1) is 14.9 Å². The number of esters is 1. The molecule has 0 aliphatic heterocycles. The summed E-state index contributed by atoms with van der Waals surface area (Å²) in [5.41, 5.74) is 2.14. The quantitative estimate of drug-likeness (QED) is 0.233. The van der Waals surface area contributed by atoms with Crippen molar-refractivity contribution >= 4 is 40.4 Å². The van der Waals surface area contributed by atoms with Crippen LogP contribution < -0.4 is 5.32 Å². The molecular formula is C26H17IN2O5. The summed E-state index contributed by atoms with van der Waals surface area (Å²) >= 11 is 1.99. The first-order valence-corrected chi connectivity index (χ1v) is 11.2. The molecule has 0 spiro atoms. The number of nitrogens with zero attached hydrogens (tertiary/aromatic N) is 1. The normalized spacial score (nSPS) is 10.4. The highest BCUT2D eigenvalue weighted by Gasteiger charge is 2.24. The Kier molecular flexibility index (Phi) is 6.94. The summed E-state index contributed by atoms with van der Waals surface area (Å²) in [4.78, 5) is 24.8. The lowest BCUT2D eigenvalue weighted by Crippen LogP contribution is -2.21. The monoisotopic (exact) mass is 564 g/mol. The van der Waals surface area contributed by atoms with Gasteiger partial charge in [0.2, 0.25) is 5.88 Å². The topological polar surface area (TPSA) is 113 Å². The Bertz CT molecular complexity index is 1390. The van der Waals surface area contributed by atoms with E-state index in [-0.39, 0.29) is 22.8 Å². The van der Waals surface area contributed by atoms with Crippen LogP contribution in [0.4, 0.5) is 5.88 Å². The van der Waals surface area contributed by atoms with Gasteiger partial charge >= 0.3 is 5.97 Å². The highest BCUT2D eigenvalue weighted by atomic mass is 127. The van der Waals surface area contributed by atoms with Crippen molar-refractivity contribution < 1.29 is 23.8 Å². The van der Waals surface area contributed by atoms with Gasteiger partial charge in [-0.2, -0.15) is 5.26 Å². The summed E-state index contributed by atoms with van der Waals surface area (Å²) in [6.45, 7) is -0.628. The van der Waals surface area contributed by atoms with E-state index in [0.29, 0.717) is 11.3 Å². The first kappa shape index (κ1) is 23.1. The van der Waals surface area contributed by atoms with Crippen LogP contribution in [0.1, 0.15) is 15.9 Å². The second-order valence-corrected chi connectivity index (χ2v) is 8.39. The van der Waals surface area contributed by atoms with Gasteiger partial charge in [0.25, 0.3) is 5.91 Å². The average molecular weight is 564 g/mol.